The van der Waals surface area contributed by atoms with Crippen molar-refractivity contribution >= 4 is 6.29 Å². The topological polar surface area (TPSA) is 84.1 Å². The first-order valence-corrected chi connectivity index (χ1v) is 9.41. The second-order valence-electron chi connectivity index (χ2n) is 6.68. The quantitative estimate of drug-likeness (QED) is 0.623. The van der Waals surface area contributed by atoms with Crippen molar-refractivity contribution in [2.24, 2.45) is 0 Å². The molecule has 0 amide bonds. The first-order valence-electron chi connectivity index (χ1n) is 9.41. The van der Waals surface area contributed by atoms with Gasteiger partial charge in [-0.2, -0.15) is 0 Å². The molecular weight excluding hydrogens is 366 g/mol. The minimum Gasteiger partial charge on any atom is -0.484 e. The summed E-state index contributed by atoms with van der Waals surface area (Å²) >= 11 is 0. The smallest absolute Gasteiger partial charge is 0.252 e. The van der Waals surface area contributed by atoms with Crippen molar-refractivity contribution in [1.82, 2.24) is 15.3 Å². The zero-order chi connectivity index (χ0) is 21.2. The van der Waals surface area contributed by atoms with Gasteiger partial charge in [0.2, 0.25) is 0 Å². The van der Waals surface area contributed by atoms with Gasteiger partial charge in [-0.15, -0.1) is 0 Å². The highest BCUT2D eigenvalue weighted by atomic mass is 16.5. The molecule has 2 N–H and O–H groups in total. The van der Waals surface area contributed by atoms with Crippen LogP contribution in [0.5, 0.6) is 5.75 Å². The third-order valence-corrected chi connectivity index (χ3v) is 4.27. The molecule has 29 heavy (non-hydrogen) atoms. The van der Waals surface area contributed by atoms with Crippen molar-refractivity contribution in [2.75, 3.05) is 7.05 Å². The van der Waals surface area contributed by atoms with Gasteiger partial charge in [-0.25, -0.2) is 0 Å². The Balaban J connectivity index is 0.000000221. The summed E-state index contributed by atoms with van der Waals surface area (Å²) in [6, 6.07) is 15.1. The van der Waals surface area contributed by atoms with Crippen LogP contribution >= 0.6 is 0 Å². The average molecular weight is 393 g/mol. The van der Waals surface area contributed by atoms with Crippen LogP contribution in [0.25, 0.3) is 0 Å². The molecule has 0 spiro atoms. The summed E-state index contributed by atoms with van der Waals surface area (Å²) in [4.78, 5) is 28.8. The van der Waals surface area contributed by atoms with Crippen LogP contribution in [0.2, 0.25) is 0 Å². The molecule has 3 aromatic rings. The van der Waals surface area contributed by atoms with Gasteiger partial charge in [0.15, 0.2) is 6.29 Å². The van der Waals surface area contributed by atoms with Crippen LogP contribution in [0.15, 0.2) is 59.5 Å². The van der Waals surface area contributed by atoms with Crippen LogP contribution in [0.4, 0.5) is 0 Å². The maximum Gasteiger partial charge on any atom is 0.252 e. The third kappa shape index (κ3) is 6.69. The number of para-hydroxylation sites is 1. The number of aryl methyl sites for hydroxylation is 2. The van der Waals surface area contributed by atoms with Gasteiger partial charge in [-0.05, 0) is 63.7 Å². The van der Waals surface area contributed by atoms with Crippen LogP contribution < -0.4 is 15.6 Å². The fourth-order valence-electron chi connectivity index (χ4n) is 2.77. The molecule has 2 aromatic heterocycles. The number of aromatic nitrogens is 2. The maximum atomic E-state index is 11.4. The van der Waals surface area contributed by atoms with Crippen molar-refractivity contribution in [3.05, 3.63) is 93.2 Å². The molecule has 1 aromatic carbocycles. The number of nitrogens with one attached hydrogen (secondary N) is 2. The van der Waals surface area contributed by atoms with Crippen molar-refractivity contribution in [3.8, 4) is 5.75 Å². The zero-order valence-electron chi connectivity index (χ0n) is 17.2. The predicted molar refractivity (Wildman–Crippen MR) is 114 cm³/mol. The molecule has 0 radical (unpaired) electrons. The summed E-state index contributed by atoms with van der Waals surface area (Å²) in [5.41, 5.74) is 4.17. The number of aldehydes is 1. The van der Waals surface area contributed by atoms with Crippen LogP contribution in [0.3, 0.4) is 0 Å². The van der Waals surface area contributed by atoms with Crippen LogP contribution in [0.1, 0.15) is 45.9 Å². The summed E-state index contributed by atoms with van der Waals surface area (Å²) in [7, 11) is 1.83. The normalized spacial score (nSPS) is 11.2. The van der Waals surface area contributed by atoms with Crippen LogP contribution in [0, 0.1) is 13.8 Å². The van der Waals surface area contributed by atoms with E-state index in [9.17, 15) is 9.59 Å². The Labute approximate surface area is 171 Å². The lowest BCUT2D eigenvalue weighted by Crippen LogP contribution is -2.20. The van der Waals surface area contributed by atoms with Gasteiger partial charge in [-0.3, -0.25) is 14.6 Å². The first-order chi connectivity index (χ1) is 13.9. The minimum absolute atomic E-state index is 0.0156. The predicted octanol–water partition coefficient (Wildman–Crippen LogP) is 3.75. The number of H-pyrrole nitrogens is 1. The summed E-state index contributed by atoms with van der Waals surface area (Å²) in [5, 5.41) is 2.97. The van der Waals surface area contributed by atoms with Crippen LogP contribution in [-0.4, -0.2) is 23.3 Å². The zero-order valence-corrected chi connectivity index (χ0v) is 17.2. The second-order valence-corrected chi connectivity index (χ2v) is 6.68. The molecule has 1 atom stereocenters. The maximum absolute atomic E-state index is 11.4. The molecule has 0 aliphatic rings. The van der Waals surface area contributed by atoms with Gasteiger partial charge < -0.3 is 15.0 Å². The lowest BCUT2D eigenvalue weighted by atomic mass is 10.1. The lowest BCUT2D eigenvalue weighted by Gasteiger charge is -2.13. The Morgan fingerprint density at radius 2 is 1.90 bits per heavy atom. The van der Waals surface area contributed by atoms with E-state index in [1.54, 1.807) is 18.3 Å². The van der Waals surface area contributed by atoms with E-state index in [1.807, 2.05) is 64.2 Å². The van der Waals surface area contributed by atoms with Crippen molar-refractivity contribution in [2.45, 2.75) is 33.4 Å². The number of benzene rings is 1. The van der Waals surface area contributed by atoms with Gasteiger partial charge in [0.1, 0.15) is 11.9 Å². The summed E-state index contributed by atoms with van der Waals surface area (Å²) in [6.45, 7) is 6.39. The van der Waals surface area contributed by atoms with E-state index in [0.29, 0.717) is 12.1 Å². The fraction of sp³-hybridized carbons (Fsp3) is 0.261. The van der Waals surface area contributed by atoms with Crippen molar-refractivity contribution < 1.29 is 9.53 Å². The third-order valence-electron chi connectivity index (χ3n) is 4.27. The molecule has 2 heterocycles. The first kappa shape index (κ1) is 22.0. The monoisotopic (exact) mass is 393 g/mol. The number of pyridine rings is 2. The van der Waals surface area contributed by atoms with E-state index in [0.717, 1.165) is 34.6 Å². The number of nitrogens with zero attached hydrogens (tertiary/aromatic N) is 1. The highest BCUT2D eigenvalue weighted by molar-refractivity contribution is 5.73. The summed E-state index contributed by atoms with van der Waals surface area (Å²) in [5.74, 6) is 0.807. The molecular formula is C23H27N3O3. The number of hydrogen-bond donors (Lipinski definition) is 2. The number of ether oxygens (including phenoxy) is 1. The van der Waals surface area contributed by atoms with Crippen molar-refractivity contribution in [3.63, 3.8) is 0 Å². The van der Waals surface area contributed by atoms with Gasteiger partial charge in [0, 0.05) is 29.6 Å². The Morgan fingerprint density at radius 1 is 1.17 bits per heavy atom. The molecule has 0 aliphatic heterocycles. The van der Waals surface area contributed by atoms with E-state index in [4.69, 9.17) is 4.74 Å². The SMILES string of the molecule is CC(Oc1ccccc1)c1ccc(C=O)cn1.CNCc1c(C)cc(C)[nH]c1=O. The molecule has 0 aliphatic carbocycles. The summed E-state index contributed by atoms with van der Waals surface area (Å²) in [6.07, 6.45) is 2.19. The minimum atomic E-state index is -0.141. The fourth-order valence-corrected chi connectivity index (χ4v) is 2.77. The standard InChI is InChI=1S/C14H13NO2.C9H14N2O/c1-11(17-13-5-3-2-4-6-13)14-8-7-12(10-16)9-15-14;1-6-4-7(2)11-9(12)8(6)5-10-3/h2-11H,1H3;4,10H,5H2,1-3H3,(H,11,12). The van der Waals surface area contributed by atoms with Crippen LogP contribution in [-0.2, 0) is 6.54 Å². The number of hydrogen-bond acceptors (Lipinski definition) is 5. The molecule has 0 saturated carbocycles. The molecule has 1 unspecified atom stereocenters. The molecule has 0 fully saturated rings. The van der Waals surface area contributed by atoms with E-state index in [2.05, 4.69) is 15.3 Å². The van der Waals surface area contributed by atoms with Gasteiger partial charge in [0.25, 0.3) is 5.56 Å². The molecule has 0 saturated heterocycles. The molecule has 3 rings (SSSR count). The molecule has 6 heteroatoms. The van der Waals surface area contributed by atoms with E-state index < -0.39 is 0 Å². The largest absolute Gasteiger partial charge is 0.484 e. The molecule has 6 nitrogen and oxygen atoms in total. The highest BCUT2D eigenvalue weighted by Crippen LogP contribution is 2.19. The van der Waals surface area contributed by atoms with Gasteiger partial charge >= 0.3 is 0 Å². The number of carbonyl (C=O) groups excluding carboxylic acids is 1. The lowest BCUT2D eigenvalue weighted by molar-refractivity contribution is 0.112. The van der Waals surface area contributed by atoms with E-state index in [1.165, 1.54) is 0 Å². The molecule has 152 valence electrons. The number of carbonyl (C=O) groups is 1. The Bertz CT molecular complexity index is 967. The Kier molecular flexibility index (Phi) is 8.30. The van der Waals surface area contributed by atoms with Gasteiger partial charge in [-0.1, -0.05) is 18.2 Å². The highest BCUT2D eigenvalue weighted by Gasteiger charge is 2.08. The number of rotatable bonds is 6. The van der Waals surface area contributed by atoms with E-state index in [-0.39, 0.29) is 11.7 Å². The van der Waals surface area contributed by atoms with Crippen molar-refractivity contribution in [1.29, 1.82) is 0 Å². The Morgan fingerprint density at radius 3 is 2.45 bits per heavy atom. The molecule has 0 bridgehead atoms. The Hall–Kier alpha value is -3.25. The number of aromatic amines is 1. The van der Waals surface area contributed by atoms with E-state index >= 15 is 0 Å². The average Bonchev–Trinajstić information content (AvgIpc) is 2.72. The second kappa shape index (κ2) is 10.9. The summed E-state index contributed by atoms with van der Waals surface area (Å²) < 4.78 is 5.72. The van der Waals surface area contributed by atoms with Gasteiger partial charge in [0.05, 0.1) is 5.69 Å².